The van der Waals surface area contributed by atoms with Crippen LogP contribution in [0.1, 0.15) is 25.0 Å². The monoisotopic (exact) mass is 356 g/mol. The van der Waals surface area contributed by atoms with Crippen LogP contribution in [-0.4, -0.2) is 38.1 Å². The van der Waals surface area contributed by atoms with Gasteiger partial charge in [-0.15, -0.1) is 0 Å². The zero-order valence-corrected chi connectivity index (χ0v) is 16.2. The Kier molecular flexibility index (Phi) is 7.04. The Labute approximate surface area is 155 Å². The molecule has 26 heavy (non-hydrogen) atoms. The number of carbonyl (C=O) groups is 1. The lowest BCUT2D eigenvalue weighted by atomic mass is 10.1. The van der Waals surface area contributed by atoms with Crippen molar-refractivity contribution in [1.82, 2.24) is 4.90 Å². The van der Waals surface area contributed by atoms with Crippen molar-refractivity contribution in [1.29, 1.82) is 0 Å². The van der Waals surface area contributed by atoms with Crippen molar-refractivity contribution in [3.05, 3.63) is 53.6 Å². The molecule has 0 aliphatic heterocycles. The maximum Gasteiger partial charge on any atom is 0.241 e. The highest BCUT2D eigenvalue weighted by Gasteiger charge is 2.20. The van der Waals surface area contributed by atoms with Gasteiger partial charge in [0, 0.05) is 12.6 Å². The first kappa shape index (κ1) is 19.8. The number of hydrogen-bond donors (Lipinski definition) is 1. The summed E-state index contributed by atoms with van der Waals surface area (Å²) in [6, 6.07) is 13.5. The maximum absolute atomic E-state index is 12.7. The maximum atomic E-state index is 12.7. The van der Waals surface area contributed by atoms with Gasteiger partial charge in [0.15, 0.2) is 0 Å². The minimum Gasteiger partial charge on any atom is -0.497 e. The van der Waals surface area contributed by atoms with Crippen LogP contribution in [0.3, 0.4) is 0 Å². The molecule has 1 amide bonds. The van der Waals surface area contributed by atoms with Crippen LogP contribution < -0.4 is 14.8 Å². The van der Waals surface area contributed by atoms with Crippen LogP contribution in [0.15, 0.2) is 42.5 Å². The first-order valence-electron chi connectivity index (χ1n) is 8.79. The molecule has 2 aromatic carbocycles. The Morgan fingerprint density at radius 3 is 2.31 bits per heavy atom. The molecule has 1 N–H and O–H groups in total. The van der Waals surface area contributed by atoms with Gasteiger partial charge in [-0.25, -0.2) is 0 Å². The second-order valence-electron chi connectivity index (χ2n) is 6.32. The Morgan fingerprint density at radius 1 is 1.08 bits per heavy atom. The molecule has 1 atom stereocenters. The molecule has 0 saturated heterocycles. The number of aryl methyl sites for hydroxylation is 1. The molecule has 0 aliphatic rings. The van der Waals surface area contributed by atoms with Crippen molar-refractivity contribution in [2.75, 3.05) is 26.6 Å². The summed E-state index contributed by atoms with van der Waals surface area (Å²) in [6.07, 6.45) is 1.03. The third-order valence-electron chi connectivity index (χ3n) is 4.57. The van der Waals surface area contributed by atoms with E-state index in [0.717, 1.165) is 6.42 Å². The highest BCUT2D eigenvalue weighted by Crippen LogP contribution is 2.29. The van der Waals surface area contributed by atoms with Crippen LogP contribution in [0.2, 0.25) is 0 Å². The smallest absolute Gasteiger partial charge is 0.241 e. The number of nitrogens with zero attached hydrogens (tertiary/aromatic N) is 1. The van der Waals surface area contributed by atoms with Crippen LogP contribution in [-0.2, 0) is 17.8 Å². The minimum atomic E-state index is -0.295. The van der Waals surface area contributed by atoms with Crippen molar-refractivity contribution >= 4 is 11.6 Å². The van der Waals surface area contributed by atoms with Gasteiger partial charge in [0.25, 0.3) is 0 Å². The van der Waals surface area contributed by atoms with Gasteiger partial charge in [-0.05, 0) is 43.7 Å². The average Bonchev–Trinajstić information content (AvgIpc) is 2.67. The Balaban J connectivity index is 2.03. The molecule has 0 bridgehead atoms. The summed E-state index contributed by atoms with van der Waals surface area (Å²) in [7, 11) is 5.11. The zero-order valence-electron chi connectivity index (χ0n) is 16.2. The van der Waals surface area contributed by atoms with Gasteiger partial charge in [0.05, 0.1) is 25.9 Å². The lowest BCUT2D eigenvalue weighted by molar-refractivity contribution is -0.120. The molecule has 0 heterocycles. The summed E-state index contributed by atoms with van der Waals surface area (Å²) in [4.78, 5) is 14.7. The lowest BCUT2D eigenvalue weighted by Gasteiger charge is -2.24. The molecular formula is C21H28N2O3. The second kappa shape index (κ2) is 9.25. The van der Waals surface area contributed by atoms with Crippen molar-refractivity contribution in [2.24, 2.45) is 0 Å². The topological polar surface area (TPSA) is 50.8 Å². The predicted molar refractivity (Wildman–Crippen MR) is 105 cm³/mol. The number of methoxy groups -OCH3 is 2. The third-order valence-corrected chi connectivity index (χ3v) is 4.57. The van der Waals surface area contributed by atoms with E-state index in [4.69, 9.17) is 9.47 Å². The summed E-state index contributed by atoms with van der Waals surface area (Å²) in [5.74, 6) is 1.17. The molecule has 0 saturated carbocycles. The molecule has 2 rings (SSSR count). The van der Waals surface area contributed by atoms with Crippen LogP contribution in [0.4, 0.5) is 5.69 Å². The zero-order chi connectivity index (χ0) is 19.1. The van der Waals surface area contributed by atoms with Crippen LogP contribution in [0, 0.1) is 0 Å². The van der Waals surface area contributed by atoms with E-state index < -0.39 is 0 Å². The lowest BCUT2D eigenvalue weighted by Crippen LogP contribution is -2.39. The molecule has 5 heteroatoms. The summed E-state index contributed by atoms with van der Waals surface area (Å²) in [5.41, 5.74) is 3.10. The van der Waals surface area contributed by atoms with E-state index in [-0.39, 0.29) is 11.9 Å². The molecule has 2 aromatic rings. The molecule has 1 unspecified atom stereocenters. The number of benzene rings is 2. The standard InChI is InChI=1S/C21H28N2O3/c1-6-16-7-9-17(10-8-16)14-23(3)15(2)21(24)22-19-13-18(25-4)11-12-20(19)26-5/h7-13,15H,6,14H2,1-5H3,(H,22,24). The van der Waals surface area contributed by atoms with E-state index in [1.54, 1.807) is 32.4 Å². The number of ether oxygens (including phenoxy) is 2. The highest BCUT2D eigenvalue weighted by molar-refractivity contribution is 5.96. The highest BCUT2D eigenvalue weighted by atomic mass is 16.5. The largest absolute Gasteiger partial charge is 0.497 e. The molecule has 5 nitrogen and oxygen atoms in total. The van der Waals surface area contributed by atoms with E-state index in [0.29, 0.717) is 23.7 Å². The fourth-order valence-corrected chi connectivity index (χ4v) is 2.65. The van der Waals surface area contributed by atoms with E-state index >= 15 is 0 Å². The van der Waals surface area contributed by atoms with Gasteiger partial charge in [-0.1, -0.05) is 31.2 Å². The Morgan fingerprint density at radius 2 is 1.73 bits per heavy atom. The van der Waals surface area contributed by atoms with Gasteiger partial charge >= 0.3 is 0 Å². The molecule has 0 radical (unpaired) electrons. The summed E-state index contributed by atoms with van der Waals surface area (Å²) in [5, 5.41) is 2.94. The van der Waals surface area contributed by atoms with E-state index in [1.165, 1.54) is 11.1 Å². The molecule has 0 aromatic heterocycles. The van der Waals surface area contributed by atoms with Gasteiger partial charge < -0.3 is 14.8 Å². The van der Waals surface area contributed by atoms with Gasteiger partial charge in [0.2, 0.25) is 5.91 Å². The van der Waals surface area contributed by atoms with Crippen LogP contribution >= 0.6 is 0 Å². The molecular weight excluding hydrogens is 328 g/mol. The predicted octanol–water partition coefficient (Wildman–Crippen LogP) is 3.73. The van der Waals surface area contributed by atoms with Crippen molar-refractivity contribution in [2.45, 2.75) is 32.9 Å². The first-order chi connectivity index (χ1) is 12.5. The van der Waals surface area contributed by atoms with E-state index in [1.807, 2.05) is 18.9 Å². The third kappa shape index (κ3) is 4.99. The summed E-state index contributed by atoms with van der Waals surface area (Å²) in [6.45, 7) is 4.73. The Hall–Kier alpha value is -2.53. The number of carbonyl (C=O) groups excluding carboxylic acids is 1. The number of anilines is 1. The van der Waals surface area contributed by atoms with Crippen LogP contribution in [0.25, 0.3) is 0 Å². The fourth-order valence-electron chi connectivity index (χ4n) is 2.65. The van der Waals surface area contributed by atoms with Gasteiger partial charge in [-0.3, -0.25) is 9.69 Å². The van der Waals surface area contributed by atoms with E-state index in [9.17, 15) is 4.79 Å². The van der Waals surface area contributed by atoms with Gasteiger partial charge in [0.1, 0.15) is 11.5 Å². The average molecular weight is 356 g/mol. The molecule has 140 valence electrons. The van der Waals surface area contributed by atoms with Crippen molar-refractivity contribution in [3.8, 4) is 11.5 Å². The second-order valence-corrected chi connectivity index (χ2v) is 6.32. The molecule has 0 spiro atoms. The van der Waals surface area contributed by atoms with E-state index in [2.05, 4.69) is 36.5 Å². The minimum absolute atomic E-state index is 0.0933. The fraction of sp³-hybridized carbons (Fsp3) is 0.381. The number of likely N-dealkylation sites (N-methyl/N-ethyl adjacent to an activating group) is 1. The summed E-state index contributed by atoms with van der Waals surface area (Å²) >= 11 is 0. The number of nitrogens with one attached hydrogen (secondary N) is 1. The summed E-state index contributed by atoms with van der Waals surface area (Å²) < 4.78 is 10.5. The SMILES string of the molecule is CCc1ccc(CN(C)C(C)C(=O)Nc2cc(OC)ccc2OC)cc1. The number of amides is 1. The first-order valence-corrected chi connectivity index (χ1v) is 8.79. The van der Waals surface area contributed by atoms with Crippen LogP contribution in [0.5, 0.6) is 11.5 Å². The van der Waals surface area contributed by atoms with Crippen molar-refractivity contribution in [3.63, 3.8) is 0 Å². The Bertz CT molecular complexity index is 729. The van der Waals surface area contributed by atoms with Gasteiger partial charge in [-0.2, -0.15) is 0 Å². The number of hydrogen-bond acceptors (Lipinski definition) is 4. The quantitative estimate of drug-likeness (QED) is 0.783. The number of rotatable bonds is 8. The molecule has 0 fully saturated rings. The normalized spacial score (nSPS) is 11.9. The van der Waals surface area contributed by atoms with Crippen molar-refractivity contribution < 1.29 is 14.3 Å². The molecule has 0 aliphatic carbocycles.